The number of amides is 1. The quantitative estimate of drug-likeness (QED) is 0.672. The van der Waals surface area contributed by atoms with Crippen molar-refractivity contribution in [1.29, 1.82) is 0 Å². The maximum absolute atomic E-state index is 12.1. The first kappa shape index (κ1) is 18.7. The highest BCUT2D eigenvalue weighted by Crippen LogP contribution is 2.15. The van der Waals surface area contributed by atoms with E-state index in [1.165, 1.54) is 24.3 Å². The number of carbonyl (C=O) groups excluding carboxylic acids is 1. The topological polar surface area (TPSA) is 119 Å². The van der Waals surface area contributed by atoms with Crippen molar-refractivity contribution in [3.63, 3.8) is 0 Å². The van der Waals surface area contributed by atoms with Gasteiger partial charge in [0.15, 0.2) is 9.84 Å². The molecular weight excluding hydrogens is 356 g/mol. The minimum absolute atomic E-state index is 0.0159. The predicted molar refractivity (Wildman–Crippen MR) is 88.0 cm³/mol. The van der Waals surface area contributed by atoms with Crippen LogP contribution in [0, 0.1) is 0 Å². The van der Waals surface area contributed by atoms with Gasteiger partial charge in [-0.15, -0.1) is 0 Å². The highest BCUT2D eigenvalue weighted by Gasteiger charge is 2.29. The Morgan fingerprint density at radius 2 is 1.96 bits per heavy atom. The molecule has 2 N–H and O–H groups in total. The first-order valence-corrected chi connectivity index (χ1v) is 10.7. The number of hydrogen-bond acceptors (Lipinski definition) is 6. The predicted octanol–water partition coefficient (Wildman–Crippen LogP) is -0.333. The Morgan fingerprint density at radius 3 is 2.50 bits per heavy atom. The average Bonchev–Trinajstić information content (AvgIpc) is 2.85. The summed E-state index contributed by atoms with van der Waals surface area (Å²) in [7, 11) is -6.93. The zero-order valence-electron chi connectivity index (χ0n) is 13.2. The van der Waals surface area contributed by atoms with Gasteiger partial charge in [-0.05, 0) is 37.6 Å². The molecule has 1 aromatic carbocycles. The molecule has 0 saturated carbocycles. The molecule has 1 aromatic rings. The fourth-order valence-electron chi connectivity index (χ4n) is 2.31. The third-order valence-electron chi connectivity index (χ3n) is 3.47. The maximum atomic E-state index is 12.1. The largest absolute Gasteiger partial charge is 0.494 e. The molecule has 1 amide bonds. The molecule has 0 bridgehead atoms. The lowest BCUT2D eigenvalue weighted by atomic mass is 10.2. The van der Waals surface area contributed by atoms with Gasteiger partial charge < -0.3 is 10.1 Å². The van der Waals surface area contributed by atoms with Gasteiger partial charge in [-0.25, -0.2) is 21.6 Å². The van der Waals surface area contributed by atoms with Gasteiger partial charge in [0.2, 0.25) is 15.9 Å². The van der Waals surface area contributed by atoms with Crippen LogP contribution in [0.1, 0.15) is 13.3 Å². The molecule has 1 saturated heterocycles. The van der Waals surface area contributed by atoms with E-state index in [4.69, 9.17) is 4.74 Å². The molecule has 0 spiro atoms. The van der Waals surface area contributed by atoms with Gasteiger partial charge in [-0.1, -0.05) is 0 Å². The summed E-state index contributed by atoms with van der Waals surface area (Å²) in [6.45, 7) is 1.84. The number of sulfonamides is 1. The lowest BCUT2D eigenvalue weighted by Gasteiger charge is -2.12. The molecule has 0 radical (unpaired) electrons. The van der Waals surface area contributed by atoms with Crippen LogP contribution in [-0.4, -0.2) is 53.4 Å². The van der Waals surface area contributed by atoms with E-state index < -0.39 is 38.4 Å². The van der Waals surface area contributed by atoms with E-state index in [1.54, 1.807) is 0 Å². The summed E-state index contributed by atoms with van der Waals surface area (Å²) in [5, 5.41) is 2.52. The second kappa shape index (κ2) is 7.49. The van der Waals surface area contributed by atoms with Gasteiger partial charge in [-0.3, -0.25) is 4.79 Å². The number of sulfone groups is 1. The maximum Gasteiger partial charge on any atom is 0.241 e. The summed E-state index contributed by atoms with van der Waals surface area (Å²) in [6.07, 6.45) is 0.347. The summed E-state index contributed by atoms with van der Waals surface area (Å²) in [6, 6.07) is 5.37. The van der Waals surface area contributed by atoms with Crippen LogP contribution in [0.15, 0.2) is 29.2 Å². The number of hydrogen-bond donors (Lipinski definition) is 2. The Morgan fingerprint density at radius 1 is 1.29 bits per heavy atom. The number of nitrogens with one attached hydrogen (secondary N) is 2. The number of benzene rings is 1. The summed E-state index contributed by atoms with van der Waals surface area (Å²) in [4.78, 5) is 11.8. The summed E-state index contributed by atoms with van der Waals surface area (Å²) in [5.74, 6) is -0.0801. The molecule has 1 aliphatic rings. The second-order valence-electron chi connectivity index (χ2n) is 5.40. The molecule has 2 rings (SSSR count). The molecule has 1 aliphatic heterocycles. The van der Waals surface area contributed by atoms with Crippen molar-refractivity contribution in [1.82, 2.24) is 10.0 Å². The summed E-state index contributed by atoms with van der Waals surface area (Å²) >= 11 is 0. The van der Waals surface area contributed by atoms with Crippen molar-refractivity contribution < 1.29 is 26.4 Å². The van der Waals surface area contributed by atoms with E-state index in [-0.39, 0.29) is 16.4 Å². The molecule has 1 heterocycles. The Hall–Kier alpha value is -1.65. The highest BCUT2D eigenvalue weighted by atomic mass is 32.2. The van der Waals surface area contributed by atoms with Gasteiger partial charge in [0.1, 0.15) is 5.75 Å². The Kier molecular flexibility index (Phi) is 5.83. The van der Waals surface area contributed by atoms with E-state index in [1.807, 2.05) is 6.92 Å². The van der Waals surface area contributed by atoms with Crippen LogP contribution in [0.25, 0.3) is 0 Å². The molecule has 1 atom stereocenters. The number of rotatable bonds is 7. The van der Waals surface area contributed by atoms with Crippen molar-refractivity contribution in [2.24, 2.45) is 0 Å². The molecule has 1 fully saturated rings. The molecule has 1 unspecified atom stereocenters. The van der Waals surface area contributed by atoms with Crippen LogP contribution in [0.2, 0.25) is 0 Å². The lowest BCUT2D eigenvalue weighted by Crippen LogP contribution is -2.42. The van der Waals surface area contributed by atoms with E-state index in [0.717, 1.165) is 0 Å². The monoisotopic (exact) mass is 376 g/mol. The molecule has 8 nitrogen and oxygen atoms in total. The number of ether oxygens (including phenoxy) is 1. The number of carbonyl (C=O) groups is 1. The molecule has 24 heavy (non-hydrogen) atoms. The standard InChI is InChI=1S/C14H20N2O6S2/c1-2-22-12-3-5-13(6-4-12)24(20,21)15-9-14(17)16-11-7-8-23(18,19)10-11/h3-6,11,15H,2,7-10H2,1H3,(H,16,17). The van der Waals surface area contributed by atoms with Crippen molar-refractivity contribution in [3.05, 3.63) is 24.3 Å². The van der Waals surface area contributed by atoms with Gasteiger partial charge in [0, 0.05) is 6.04 Å². The van der Waals surface area contributed by atoms with Crippen molar-refractivity contribution in [2.75, 3.05) is 24.7 Å². The lowest BCUT2D eigenvalue weighted by molar-refractivity contribution is -0.120. The van der Waals surface area contributed by atoms with Crippen LogP contribution in [0.4, 0.5) is 0 Å². The summed E-state index contributed by atoms with van der Waals surface area (Å²) in [5.41, 5.74) is 0. The zero-order chi connectivity index (χ0) is 17.8. The van der Waals surface area contributed by atoms with Gasteiger partial charge in [0.25, 0.3) is 0 Å². The molecule has 0 aliphatic carbocycles. The zero-order valence-corrected chi connectivity index (χ0v) is 14.8. The smallest absolute Gasteiger partial charge is 0.241 e. The van der Waals surface area contributed by atoms with Crippen LogP contribution in [0.5, 0.6) is 5.75 Å². The minimum atomic E-state index is -3.83. The molecular formula is C14H20N2O6S2. The normalized spacial score (nSPS) is 19.8. The SMILES string of the molecule is CCOc1ccc(S(=O)(=O)NCC(=O)NC2CCS(=O)(=O)C2)cc1. The fraction of sp³-hybridized carbons (Fsp3) is 0.500. The molecule has 0 aromatic heterocycles. The highest BCUT2D eigenvalue weighted by molar-refractivity contribution is 7.91. The van der Waals surface area contributed by atoms with Crippen molar-refractivity contribution in [2.45, 2.75) is 24.3 Å². The van der Waals surface area contributed by atoms with E-state index in [9.17, 15) is 21.6 Å². The van der Waals surface area contributed by atoms with Gasteiger partial charge in [0.05, 0.1) is 29.6 Å². The fourth-order valence-corrected chi connectivity index (χ4v) is 4.97. The Labute approximate surface area is 141 Å². The second-order valence-corrected chi connectivity index (χ2v) is 9.39. The Balaban J connectivity index is 1.89. The van der Waals surface area contributed by atoms with E-state index in [0.29, 0.717) is 18.8 Å². The molecule has 134 valence electrons. The first-order chi connectivity index (χ1) is 11.2. The van der Waals surface area contributed by atoms with Crippen LogP contribution >= 0.6 is 0 Å². The van der Waals surface area contributed by atoms with Crippen LogP contribution < -0.4 is 14.8 Å². The van der Waals surface area contributed by atoms with Crippen LogP contribution in [0.3, 0.4) is 0 Å². The van der Waals surface area contributed by atoms with Gasteiger partial charge >= 0.3 is 0 Å². The van der Waals surface area contributed by atoms with Crippen molar-refractivity contribution in [3.8, 4) is 5.75 Å². The average molecular weight is 376 g/mol. The molecule has 10 heteroatoms. The summed E-state index contributed by atoms with van der Waals surface area (Å²) < 4.78 is 54.3. The Bertz CT molecular complexity index is 787. The van der Waals surface area contributed by atoms with Gasteiger partial charge in [-0.2, -0.15) is 0 Å². The third kappa shape index (κ3) is 5.18. The van der Waals surface area contributed by atoms with E-state index >= 15 is 0 Å². The van der Waals surface area contributed by atoms with Crippen molar-refractivity contribution >= 4 is 25.8 Å². The van der Waals surface area contributed by atoms with Crippen LogP contribution in [-0.2, 0) is 24.7 Å². The third-order valence-corrected chi connectivity index (χ3v) is 6.65. The first-order valence-electron chi connectivity index (χ1n) is 7.44. The minimum Gasteiger partial charge on any atom is -0.494 e. The van der Waals surface area contributed by atoms with E-state index in [2.05, 4.69) is 10.0 Å².